The number of benzene rings is 1. The van der Waals surface area contributed by atoms with E-state index in [9.17, 15) is 8.42 Å². The molecule has 0 aliphatic heterocycles. The lowest BCUT2D eigenvalue weighted by atomic mass is 10.2. The average molecular weight is 401 g/mol. The lowest BCUT2D eigenvalue weighted by Gasteiger charge is -2.18. The highest BCUT2D eigenvalue weighted by Gasteiger charge is 2.21. The minimum Gasteiger partial charge on any atom is -0.261 e. The minimum absolute atomic E-state index is 0.142. The largest absolute Gasteiger partial charge is 0.261 e. The maximum absolute atomic E-state index is 12.4. The van der Waals surface area contributed by atoms with Crippen molar-refractivity contribution in [2.45, 2.75) is 18.7 Å². The summed E-state index contributed by atoms with van der Waals surface area (Å²) in [5.41, 5.74) is 3.38. The molecule has 1 aromatic carbocycles. The van der Waals surface area contributed by atoms with Crippen molar-refractivity contribution < 1.29 is 8.42 Å². The van der Waals surface area contributed by atoms with Crippen LogP contribution in [0.2, 0.25) is 10.0 Å². The van der Waals surface area contributed by atoms with Gasteiger partial charge in [0.05, 0.1) is 16.3 Å². The maximum atomic E-state index is 12.4. The Hall–Kier alpha value is -1.67. The monoisotopic (exact) mass is 400 g/mol. The number of pyridine rings is 1. The van der Waals surface area contributed by atoms with Crippen LogP contribution in [0.25, 0.3) is 0 Å². The van der Waals surface area contributed by atoms with E-state index in [0.717, 1.165) is 0 Å². The molecule has 1 heterocycles. The molecule has 2 rings (SSSR count). The molecule has 6 nitrogen and oxygen atoms in total. The van der Waals surface area contributed by atoms with Crippen molar-refractivity contribution in [1.29, 1.82) is 0 Å². The molecule has 0 radical (unpaired) electrons. The van der Waals surface area contributed by atoms with E-state index in [1.54, 1.807) is 38.1 Å². The van der Waals surface area contributed by atoms with E-state index in [1.165, 1.54) is 22.8 Å². The first kappa shape index (κ1) is 19.7. The van der Waals surface area contributed by atoms with Crippen molar-refractivity contribution in [1.82, 2.24) is 9.29 Å². The summed E-state index contributed by atoms with van der Waals surface area (Å²) >= 11 is 12.0. The van der Waals surface area contributed by atoms with E-state index < -0.39 is 10.0 Å². The maximum Gasteiger partial charge on any atom is 0.244 e. The number of anilines is 1. The molecular weight excluding hydrogens is 383 g/mol. The fraction of sp³-hybridized carbons (Fsp3) is 0.250. The molecule has 0 aliphatic carbocycles. The quantitative estimate of drug-likeness (QED) is 0.565. The second-order valence-electron chi connectivity index (χ2n) is 4.98. The highest BCUT2D eigenvalue weighted by atomic mass is 35.5. The third kappa shape index (κ3) is 4.70. The van der Waals surface area contributed by atoms with Crippen LogP contribution in [-0.2, 0) is 10.0 Å². The number of hydrogen-bond acceptors (Lipinski definition) is 5. The third-order valence-electron chi connectivity index (χ3n) is 3.44. The van der Waals surface area contributed by atoms with Gasteiger partial charge in [-0.15, -0.1) is 0 Å². The molecule has 0 fully saturated rings. The summed E-state index contributed by atoms with van der Waals surface area (Å²) in [6.07, 6.45) is 2.81. The molecule has 134 valence electrons. The van der Waals surface area contributed by atoms with Crippen LogP contribution in [0.4, 0.5) is 5.82 Å². The standard InChI is InChI=1S/C16H18Cl2N4O2S/c1-3-22(4-2)25(23,24)13-8-9-15(19-11-13)21-20-10-12-6-5-7-14(17)16(12)18/h5-11H,3-4H2,1-2H3,(H,19,21). The van der Waals surface area contributed by atoms with E-state index in [2.05, 4.69) is 15.5 Å². The first-order valence-electron chi connectivity index (χ1n) is 7.59. The summed E-state index contributed by atoms with van der Waals surface area (Å²) in [5.74, 6) is 0.410. The van der Waals surface area contributed by atoms with Crippen LogP contribution in [0.5, 0.6) is 0 Å². The molecule has 1 aromatic heterocycles. The van der Waals surface area contributed by atoms with Gasteiger partial charge in [0.25, 0.3) is 0 Å². The Morgan fingerprint density at radius 3 is 2.52 bits per heavy atom. The van der Waals surface area contributed by atoms with E-state index in [0.29, 0.717) is 34.5 Å². The minimum atomic E-state index is -3.52. The van der Waals surface area contributed by atoms with Gasteiger partial charge in [0.1, 0.15) is 10.7 Å². The highest BCUT2D eigenvalue weighted by Crippen LogP contribution is 2.24. The van der Waals surface area contributed by atoms with Crippen molar-refractivity contribution in [2.24, 2.45) is 5.10 Å². The highest BCUT2D eigenvalue weighted by molar-refractivity contribution is 7.89. The summed E-state index contributed by atoms with van der Waals surface area (Å²) in [5, 5.41) is 4.88. The van der Waals surface area contributed by atoms with Crippen LogP contribution < -0.4 is 5.43 Å². The summed E-state index contributed by atoms with van der Waals surface area (Å²) in [6.45, 7) is 4.40. The van der Waals surface area contributed by atoms with Gasteiger partial charge in [-0.05, 0) is 18.2 Å². The molecule has 0 atom stereocenters. The number of halogens is 2. The van der Waals surface area contributed by atoms with Crippen LogP contribution >= 0.6 is 23.2 Å². The van der Waals surface area contributed by atoms with Gasteiger partial charge in [-0.2, -0.15) is 9.41 Å². The molecule has 0 spiro atoms. The third-order valence-corrected chi connectivity index (χ3v) is 6.31. The van der Waals surface area contributed by atoms with Gasteiger partial charge < -0.3 is 0 Å². The van der Waals surface area contributed by atoms with Crippen LogP contribution in [0.1, 0.15) is 19.4 Å². The second kappa shape index (κ2) is 8.62. The van der Waals surface area contributed by atoms with Crippen molar-refractivity contribution in [3.8, 4) is 0 Å². The van der Waals surface area contributed by atoms with Gasteiger partial charge >= 0.3 is 0 Å². The fourth-order valence-corrected chi connectivity index (χ4v) is 3.86. The Morgan fingerprint density at radius 1 is 1.20 bits per heavy atom. The predicted molar refractivity (Wildman–Crippen MR) is 102 cm³/mol. The van der Waals surface area contributed by atoms with Gasteiger partial charge in [0.15, 0.2) is 0 Å². The predicted octanol–water partition coefficient (Wildman–Crippen LogP) is 3.86. The van der Waals surface area contributed by atoms with Gasteiger partial charge in [-0.25, -0.2) is 13.4 Å². The van der Waals surface area contributed by atoms with E-state index in [-0.39, 0.29) is 4.90 Å². The molecule has 1 N–H and O–H groups in total. The zero-order chi connectivity index (χ0) is 18.4. The molecule has 0 aliphatic rings. The first-order chi connectivity index (χ1) is 11.9. The molecule has 0 amide bonds. The molecular formula is C16H18Cl2N4O2S. The second-order valence-corrected chi connectivity index (χ2v) is 7.70. The Bertz CT molecular complexity index is 851. The summed E-state index contributed by atoms with van der Waals surface area (Å²) in [7, 11) is -3.52. The Kier molecular flexibility index (Phi) is 6.78. The SMILES string of the molecule is CCN(CC)S(=O)(=O)c1ccc(NN=Cc2cccc(Cl)c2Cl)nc1. The topological polar surface area (TPSA) is 74.7 Å². The number of rotatable bonds is 7. The average Bonchev–Trinajstić information content (AvgIpc) is 2.60. The number of hydrazone groups is 1. The van der Waals surface area contributed by atoms with E-state index in [1.807, 2.05) is 0 Å². The van der Waals surface area contributed by atoms with Gasteiger partial charge in [-0.3, -0.25) is 5.43 Å². The number of sulfonamides is 1. The fourth-order valence-electron chi connectivity index (χ4n) is 2.10. The first-order valence-corrected chi connectivity index (χ1v) is 9.79. The zero-order valence-corrected chi connectivity index (χ0v) is 16.1. The van der Waals surface area contributed by atoms with Crippen LogP contribution in [0, 0.1) is 0 Å². The number of aromatic nitrogens is 1. The van der Waals surface area contributed by atoms with Gasteiger partial charge in [0.2, 0.25) is 10.0 Å². The molecule has 0 unspecified atom stereocenters. The normalized spacial score (nSPS) is 12.0. The van der Waals surface area contributed by atoms with Crippen LogP contribution in [0.3, 0.4) is 0 Å². The van der Waals surface area contributed by atoms with Crippen molar-refractivity contribution >= 4 is 45.3 Å². The van der Waals surface area contributed by atoms with Crippen molar-refractivity contribution in [2.75, 3.05) is 18.5 Å². The number of hydrogen-bond donors (Lipinski definition) is 1. The Balaban J connectivity index is 2.11. The summed E-state index contributed by atoms with van der Waals surface area (Å²) in [4.78, 5) is 4.22. The van der Waals surface area contributed by atoms with E-state index >= 15 is 0 Å². The lowest BCUT2D eigenvalue weighted by Crippen LogP contribution is -2.30. The molecule has 0 saturated heterocycles. The van der Waals surface area contributed by atoms with Crippen LogP contribution in [-0.4, -0.2) is 37.0 Å². The lowest BCUT2D eigenvalue weighted by molar-refractivity contribution is 0.445. The molecule has 25 heavy (non-hydrogen) atoms. The Labute approximate surface area is 157 Å². The summed E-state index contributed by atoms with van der Waals surface area (Å²) in [6, 6.07) is 8.26. The number of nitrogens with one attached hydrogen (secondary N) is 1. The number of nitrogens with zero attached hydrogens (tertiary/aromatic N) is 3. The molecule has 9 heteroatoms. The molecule has 0 bridgehead atoms. The Morgan fingerprint density at radius 2 is 1.92 bits per heavy atom. The van der Waals surface area contributed by atoms with E-state index in [4.69, 9.17) is 23.2 Å². The van der Waals surface area contributed by atoms with Crippen LogP contribution in [0.15, 0.2) is 46.5 Å². The summed E-state index contributed by atoms with van der Waals surface area (Å²) < 4.78 is 26.1. The van der Waals surface area contributed by atoms with Crippen molar-refractivity contribution in [3.63, 3.8) is 0 Å². The molecule has 2 aromatic rings. The zero-order valence-electron chi connectivity index (χ0n) is 13.8. The van der Waals surface area contributed by atoms with Gasteiger partial charge in [-0.1, -0.05) is 49.2 Å². The molecule has 0 saturated carbocycles. The van der Waals surface area contributed by atoms with Gasteiger partial charge in [0, 0.05) is 24.8 Å². The smallest absolute Gasteiger partial charge is 0.244 e. The van der Waals surface area contributed by atoms with Crippen molar-refractivity contribution in [3.05, 3.63) is 52.1 Å².